The third-order valence-electron chi connectivity index (χ3n) is 3.70. The normalized spacial score (nSPS) is 11.7. The summed E-state index contributed by atoms with van der Waals surface area (Å²) >= 11 is 1.53. The topological polar surface area (TPSA) is 94.3 Å². The van der Waals surface area contributed by atoms with Crippen LogP contribution in [0.4, 0.5) is 5.69 Å². The summed E-state index contributed by atoms with van der Waals surface area (Å²) in [6.45, 7) is 1.54. The number of esters is 1. The fourth-order valence-electron chi connectivity index (χ4n) is 2.32. The Morgan fingerprint density at radius 1 is 1.22 bits per heavy atom. The predicted octanol–water partition coefficient (Wildman–Crippen LogP) is 3.69. The Morgan fingerprint density at radius 2 is 2.04 bits per heavy atom. The molecule has 0 radical (unpaired) electrons. The monoisotopic (exact) mass is 385 g/mol. The second kappa shape index (κ2) is 9.09. The van der Waals surface area contributed by atoms with Gasteiger partial charge in [0.1, 0.15) is 0 Å². The molecule has 1 aromatic carbocycles. The number of aromatic nitrogens is 2. The number of hydrogen-bond donors (Lipinski definition) is 1. The van der Waals surface area contributed by atoms with Crippen molar-refractivity contribution >= 4 is 28.9 Å². The van der Waals surface area contributed by atoms with E-state index in [1.807, 2.05) is 35.7 Å². The molecule has 1 atom stereocenters. The third-order valence-corrected chi connectivity index (χ3v) is 4.57. The van der Waals surface area contributed by atoms with Crippen LogP contribution < -0.4 is 5.32 Å². The van der Waals surface area contributed by atoms with Gasteiger partial charge in [-0.15, -0.1) is 11.3 Å². The second-order valence-electron chi connectivity index (χ2n) is 5.83. The lowest BCUT2D eigenvalue weighted by Gasteiger charge is -2.13. The molecular formula is C19H19N3O4S. The van der Waals surface area contributed by atoms with E-state index < -0.39 is 12.1 Å². The van der Waals surface area contributed by atoms with Gasteiger partial charge in [-0.3, -0.25) is 9.59 Å². The minimum absolute atomic E-state index is 0.166. The number of aryl methyl sites for hydroxylation is 1. The maximum absolute atomic E-state index is 12.0. The molecule has 140 valence electrons. The Hall–Kier alpha value is -3.00. The van der Waals surface area contributed by atoms with Crippen molar-refractivity contribution in [2.24, 2.45) is 0 Å². The van der Waals surface area contributed by atoms with Gasteiger partial charge in [-0.05, 0) is 36.9 Å². The Morgan fingerprint density at radius 3 is 2.78 bits per heavy atom. The summed E-state index contributed by atoms with van der Waals surface area (Å²) in [5, 5.41) is 8.56. The molecule has 0 aliphatic heterocycles. The molecule has 1 unspecified atom stereocenters. The van der Waals surface area contributed by atoms with E-state index in [0.717, 1.165) is 4.88 Å². The van der Waals surface area contributed by atoms with Gasteiger partial charge in [0.2, 0.25) is 11.7 Å². The lowest BCUT2D eigenvalue weighted by atomic mass is 10.2. The Kier molecular flexibility index (Phi) is 6.32. The van der Waals surface area contributed by atoms with E-state index >= 15 is 0 Å². The standard InChI is InChI=1S/C19H19N3O4S/c1-13(19(24)20-14-7-3-2-4-8-14)25-17(23)11-5-10-16-21-18(22-26-16)15-9-6-12-27-15/h2-4,6-9,12-13H,5,10-11H2,1H3,(H,20,24). The van der Waals surface area contributed by atoms with Gasteiger partial charge in [-0.2, -0.15) is 4.98 Å². The average molecular weight is 385 g/mol. The highest BCUT2D eigenvalue weighted by atomic mass is 32.1. The van der Waals surface area contributed by atoms with Gasteiger partial charge in [-0.25, -0.2) is 0 Å². The molecule has 0 fully saturated rings. The molecule has 0 saturated heterocycles. The summed E-state index contributed by atoms with van der Waals surface area (Å²) in [4.78, 5) is 29.2. The summed E-state index contributed by atoms with van der Waals surface area (Å²) in [7, 11) is 0. The first-order chi connectivity index (χ1) is 13.1. The maximum atomic E-state index is 12.0. The van der Waals surface area contributed by atoms with E-state index in [2.05, 4.69) is 15.5 Å². The molecule has 0 spiro atoms. The zero-order valence-corrected chi connectivity index (χ0v) is 15.6. The first-order valence-corrected chi connectivity index (χ1v) is 9.41. The van der Waals surface area contributed by atoms with Crippen molar-refractivity contribution in [3.63, 3.8) is 0 Å². The highest BCUT2D eigenvalue weighted by molar-refractivity contribution is 7.13. The minimum Gasteiger partial charge on any atom is -0.453 e. The molecule has 0 bridgehead atoms. The number of carbonyl (C=O) groups is 2. The first-order valence-electron chi connectivity index (χ1n) is 8.53. The molecule has 3 aromatic rings. The van der Waals surface area contributed by atoms with Crippen LogP contribution in [0.5, 0.6) is 0 Å². The molecule has 1 amide bonds. The molecule has 7 nitrogen and oxygen atoms in total. The summed E-state index contributed by atoms with van der Waals surface area (Å²) < 4.78 is 10.4. The zero-order chi connectivity index (χ0) is 19.1. The highest BCUT2D eigenvalue weighted by Crippen LogP contribution is 2.21. The van der Waals surface area contributed by atoms with E-state index in [-0.39, 0.29) is 12.3 Å². The fraction of sp³-hybridized carbons (Fsp3) is 0.263. The van der Waals surface area contributed by atoms with Crippen molar-refractivity contribution in [1.29, 1.82) is 0 Å². The summed E-state index contributed by atoms with van der Waals surface area (Å²) in [5.74, 6) is 0.214. The number of para-hydroxylation sites is 1. The Bertz CT molecular complexity index is 878. The SMILES string of the molecule is CC(OC(=O)CCCc1nc(-c2cccs2)no1)C(=O)Nc1ccccc1. The van der Waals surface area contributed by atoms with Gasteiger partial charge in [-0.1, -0.05) is 29.4 Å². The van der Waals surface area contributed by atoms with Crippen LogP contribution in [0.3, 0.4) is 0 Å². The molecule has 0 aliphatic carbocycles. The molecular weight excluding hydrogens is 366 g/mol. The van der Waals surface area contributed by atoms with Crippen LogP contribution in [0.2, 0.25) is 0 Å². The van der Waals surface area contributed by atoms with Crippen molar-refractivity contribution in [3.05, 3.63) is 53.7 Å². The van der Waals surface area contributed by atoms with Crippen molar-refractivity contribution in [2.75, 3.05) is 5.32 Å². The van der Waals surface area contributed by atoms with Crippen LogP contribution in [0, 0.1) is 0 Å². The number of anilines is 1. The van der Waals surface area contributed by atoms with Gasteiger partial charge in [0, 0.05) is 18.5 Å². The lowest BCUT2D eigenvalue weighted by molar-refractivity contribution is -0.153. The van der Waals surface area contributed by atoms with Crippen molar-refractivity contribution in [1.82, 2.24) is 10.1 Å². The van der Waals surface area contributed by atoms with Crippen LogP contribution >= 0.6 is 11.3 Å². The molecule has 27 heavy (non-hydrogen) atoms. The quantitative estimate of drug-likeness (QED) is 0.594. The van der Waals surface area contributed by atoms with Gasteiger partial charge >= 0.3 is 5.97 Å². The van der Waals surface area contributed by atoms with Gasteiger partial charge in [0.05, 0.1) is 4.88 Å². The predicted molar refractivity (Wildman–Crippen MR) is 101 cm³/mol. The number of ether oxygens (including phenoxy) is 1. The number of amides is 1. The summed E-state index contributed by atoms with van der Waals surface area (Å²) in [5.41, 5.74) is 0.656. The Labute approximate surface area is 160 Å². The van der Waals surface area contributed by atoms with E-state index in [1.54, 1.807) is 19.1 Å². The number of nitrogens with one attached hydrogen (secondary N) is 1. The number of carbonyl (C=O) groups excluding carboxylic acids is 2. The number of hydrogen-bond acceptors (Lipinski definition) is 7. The van der Waals surface area contributed by atoms with E-state index in [9.17, 15) is 9.59 Å². The summed E-state index contributed by atoms with van der Waals surface area (Å²) in [6, 6.07) is 12.8. The van der Waals surface area contributed by atoms with Crippen LogP contribution in [0.15, 0.2) is 52.4 Å². The molecule has 8 heteroatoms. The average Bonchev–Trinajstić information content (AvgIpc) is 3.34. The lowest BCUT2D eigenvalue weighted by Crippen LogP contribution is -2.29. The number of thiophene rings is 1. The number of nitrogens with zero attached hydrogens (tertiary/aromatic N) is 2. The largest absolute Gasteiger partial charge is 0.453 e. The smallest absolute Gasteiger partial charge is 0.306 e. The van der Waals surface area contributed by atoms with E-state index in [1.165, 1.54) is 11.3 Å². The zero-order valence-electron chi connectivity index (χ0n) is 14.8. The van der Waals surface area contributed by atoms with Crippen LogP contribution in [-0.2, 0) is 20.7 Å². The maximum Gasteiger partial charge on any atom is 0.306 e. The van der Waals surface area contributed by atoms with Gasteiger partial charge in [0.15, 0.2) is 6.10 Å². The molecule has 0 aliphatic rings. The molecule has 3 rings (SSSR count). The summed E-state index contributed by atoms with van der Waals surface area (Å²) in [6.07, 6.45) is 0.266. The number of rotatable bonds is 8. The highest BCUT2D eigenvalue weighted by Gasteiger charge is 2.18. The second-order valence-corrected chi connectivity index (χ2v) is 6.78. The molecule has 2 aromatic heterocycles. The minimum atomic E-state index is -0.869. The van der Waals surface area contributed by atoms with Gasteiger partial charge < -0.3 is 14.6 Å². The van der Waals surface area contributed by atoms with Crippen molar-refractivity contribution in [2.45, 2.75) is 32.3 Å². The van der Waals surface area contributed by atoms with Crippen LogP contribution in [0.1, 0.15) is 25.7 Å². The van der Waals surface area contributed by atoms with E-state index in [4.69, 9.17) is 9.26 Å². The molecule has 0 saturated carbocycles. The molecule has 1 N–H and O–H groups in total. The third kappa shape index (κ3) is 5.49. The van der Waals surface area contributed by atoms with Crippen molar-refractivity contribution in [3.8, 4) is 10.7 Å². The van der Waals surface area contributed by atoms with E-state index in [0.29, 0.717) is 30.2 Å². The van der Waals surface area contributed by atoms with Crippen LogP contribution in [-0.4, -0.2) is 28.1 Å². The Balaban J connectivity index is 1.39. The fourth-order valence-corrected chi connectivity index (χ4v) is 2.97. The van der Waals surface area contributed by atoms with Gasteiger partial charge in [0.25, 0.3) is 5.91 Å². The van der Waals surface area contributed by atoms with Crippen molar-refractivity contribution < 1.29 is 18.8 Å². The number of benzene rings is 1. The van der Waals surface area contributed by atoms with Crippen LogP contribution in [0.25, 0.3) is 10.7 Å². The molecule has 2 heterocycles. The first kappa shape index (κ1) is 18.8.